The second-order valence-electron chi connectivity index (χ2n) is 7.84. The third-order valence-corrected chi connectivity index (χ3v) is 5.43. The molecule has 1 aliphatic rings. The van der Waals surface area contributed by atoms with Gasteiger partial charge in [-0.1, -0.05) is 26.0 Å². The number of ether oxygens (including phenoxy) is 1. The Morgan fingerprint density at radius 3 is 2.40 bits per heavy atom. The average Bonchev–Trinajstić information content (AvgIpc) is 2.78. The molecule has 1 amide bonds. The van der Waals surface area contributed by atoms with Crippen LogP contribution in [0.5, 0.6) is 5.75 Å². The van der Waals surface area contributed by atoms with Crippen LogP contribution in [0, 0.1) is 17.2 Å². The van der Waals surface area contributed by atoms with Crippen LogP contribution in [0.25, 0.3) is 0 Å². The first-order valence-electron chi connectivity index (χ1n) is 10.3. The number of nitrogens with zero attached hydrogens (tertiary/aromatic N) is 4. The van der Waals surface area contributed by atoms with E-state index in [0.717, 1.165) is 43.2 Å². The Morgan fingerprint density at radius 1 is 1.17 bits per heavy atom. The van der Waals surface area contributed by atoms with Crippen molar-refractivity contribution in [3.63, 3.8) is 0 Å². The van der Waals surface area contributed by atoms with E-state index in [1.807, 2.05) is 36.4 Å². The maximum atomic E-state index is 12.7. The molecule has 30 heavy (non-hydrogen) atoms. The van der Waals surface area contributed by atoms with Crippen molar-refractivity contribution < 1.29 is 9.53 Å². The molecule has 0 spiro atoms. The number of nitrogens with one attached hydrogen (secondary N) is 1. The van der Waals surface area contributed by atoms with Crippen LogP contribution in [-0.2, 0) is 4.79 Å². The van der Waals surface area contributed by atoms with Crippen molar-refractivity contribution in [1.29, 1.82) is 5.26 Å². The van der Waals surface area contributed by atoms with Gasteiger partial charge in [0.2, 0.25) is 5.91 Å². The molecular weight excluding hydrogens is 378 g/mol. The number of rotatable bonds is 7. The number of benzene rings is 1. The van der Waals surface area contributed by atoms with Gasteiger partial charge in [-0.05, 0) is 35.7 Å². The Labute approximate surface area is 178 Å². The Balaban J connectivity index is 1.52. The molecule has 1 fully saturated rings. The molecular formula is C23H29N5O2. The van der Waals surface area contributed by atoms with Crippen LogP contribution in [0.3, 0.4) is 0 Å². The van der Waals surface area contributed by atoms with Crippen LogP contribution in [0.1, 0.15) is 31.1 Å². The molecule has 1 aromatic carbocycles. The number of methoxy groups -OCH3 is 1. The summed E-state index contributed by atoms with van der Waals surface area (Å²) in [4.78, 5) is 21.3. The van der Waals surface area contributed by atoms with Gasteiger partial charge in [-0.25, -0.2) is 4.98 Å². The Hall–Kier alpha value is -3.11. The van der Waals surface area contributed by atoms with Crippen molar-refractivity contribution in [1.82, 2.24) is 15.2 Å². The molecule has 0 saturated carbocycles. The van der Waals surface area contributed by atoms with Crippen molar-refractivity contribution in [3.8, 4) is 11.8 Å². The second-order valence-corrected chi connectivity index (χ2v) is 7.84. The summed E-state index contributed by atoms with van der Waals surface area (Å²) < 4.78 is 5.23. The Morgan fingerprint density at radius 2 is 1.87 bits per heavy atom. The quantitative estimate of drug-likeness (QED) is 0.760. The molecule has 1 atom stereocenters. The van der Waals surface area contributed by atoms with Crippen molar-refractivity contribution in [3.05, 3.63) is 53.9 Å². The SMILES string of the molecule is COc1ccc([C@H](NC(=O)CN2CCN(c3ccc(C#N)nc3)CC2)C(C)C)cc1. The van der Waals surface area contributed by atoms with Gasteiger partial charge in [0.15, 0.2) is 0 Å². The molecule has 2 heterocycles. The van der Waals surface area contributed by atoms with Crippen LogP contribution in [-0.4, -0.2) is 55.6 Å². The maximum absolute atomic E-state index is 12.7. The number of carbonyl (C=O) groups excluding carboxylic acids is 1. The minimum Gasteiger partial charge on any atom is -0.497 e. The number of hydrogen-bond acceptors (Lipinski definition) is 6. The predicted octanol–water partition coefficient (Wildman–Crippen LogP) is 2.60. The van der Waals surface area contributed by atoms with Gasteiger partial charge in [0, 0.05) is 26.2 Å². The van der Waals surface area contributed by atoms with Crippen molar-refractivity contribution in [2.45, 2.75) is 19.9 Å². The summed E-state index contributed by atoms with van der Waals surface area (Å²) in [6.07, 6.45) is 1.74. The fraction of sp³-hybridized carbons (Fsp3) is 0.435. The van der Waals surface area contributed by atoms with Crippen molar-refractivity contribution in [2.24, 2.45) is 5.92 Å². The lowest BCUT2D eigenvalue weighted by molar-refractivity contribution is -0.123. The van der Waals surface area contributed by atoms with Gasteiger partial charge < -0.3 is 15.0 Å². The van der Waals surface area contributed by atoms with Gasteiger partial charge in [0.1, 0.15) is 17.5 Å². The van der Waals surface area contributed by atoms with Gasteiger partial charge in [-0.3, -0.25) is 9.69 Å². The summed E-state index contributed by atoms with van der Waals surface area (Å²) in [6, 6.07) is 13.5. The van der Waals surface area contributed by atoms with E-state index < -0.39 is 0 Å². The molecule has 7 heteroatoms. The number of aromatic nitrogens is 1. The van der Waals surface area contributed by atoms with Gasteiger partial charge in [-0.15, -0.1) is 0 Å². The number of amides is 1. The van der Waals surface area contributed by atoms with Gasteiger partial charge in [0.05, 0.1) is 31.6 Å². The molecule has 1 saturated heterocycles. The van der Waals surface area contributed by atoms with Gasteiger partial charge in [-0.2, -0.15) is 5.26 Å². The van der Waals surface area contributed by atoms with E-state index in [1.54, 1.807) is 19.4 Å². The first kappa shape index (κ1) is 21.6. The highest BCUT2D eigenvalue weighted by molar-refractivity contribution is 5.78. The van der Waals surface area contributed by atoms with E-state index in [9.17, 15) is 4.79 Å². The lowest BCUT2D eigenvalue weighted by atomic mass is 9.96. The Kier molecular flexibility index (Phi) is 7.26. The molecule has 3 rings (SSSR count). The van der Waals surface area contributed by atoms with E-state index >= 15 is 0 Å². The number of anilines is 1. The summed E-state index contributed by atoms with van der Waals surface area (Å²) in [6.45, 7) is 7.88. The highest BCUT2D eigenvalue weighted by Gasteiger charge is 2.22. The smallest absolute Gasteiger partial charge is 0.234 e. The monoisotopic (exact) mass is 407 g/mol. The van der Waals surface area contributed by atoms with E-state index in [-0.39, 0.29) is 17.9 Å². The zero-order valence-corrected chi connectivity index (χ0v) is 17.8. The largest absolute Gasteiger partial charge is 0.497 e. The minimum absolute atomic E-state index is 0.0329. The third-order valence-electron chi connectivity index (χ3n) is 5.43. The predicted molar refractivity (Wildman–Crippen MR) is 116 cm³/mol. The topological polar surface area (TPSA) is 81.5 Å². The molecule has 2 aromatic rings. The zero-order chi connectivity index (χ0) is 21.5. The molecule has 1 aliphatic heterocycles. The fourth-order valence-electron chi connectivity index (χ4n) is 3.67. The number of piperazine rings is 1. The van der Waals surface area contributed by atoms with Crippen LogP contribution in [0.2, 0.25) is 0 Å². The molecule has 1 N–H and O–H groups in total. The first-order valence-corrected chi connectivity index (χ1v) is 10.3. The van der Waals surface area contributed by atoms with Crippen molar-refractivity contribution >= 4 is 11.6 Å². The first-order chi connectivity index (χ1) is 14.5. The summed E-state index contributed by atoms with van der Waals surface area (Å²) in [5.74, 6) is 1.13. The molecule has 1 aromatic heterocycles. The summed E-state index contributed by atoms with van der Waals surface area (Å²) in [5.41, 5.74) is 2.51. The van der Waals surface area contributed by atoms with E-state index in [2.05, 4.69) is 33.9 Å². The fourth-order valence-corrected chi connectivity index (χ4v) is 3.67. The lowest BCUT2D eigenvalue weighted by Gasteiger charge is -2.36. The van der Waals surface area contributed by atoms with Crippen LogP contribution < -0.4 is 15.0 Å². The second kappa shape index (κ2) is 10.1. The molecule has 0 unspecified atom stereocenters. The van der Waals surface area contributed by atoms with Crippen molar-refractivity contribution in [2.75, 3.05) is 44.7 Å². The third kappa shape index (κ3) is 5.49. The highest BCUT2D eigenvalue weighted by atomic mass is 16.5. The molecule has 0 aliphatic carbocycles. The summed E-state index contributed by atoms with van der Waals surface area (Å²) in [7, 11) is 1.65. The van der Waals surface area contributed by atoms with Crippen LogP contribution in [0.15, 0.2) is 42.6 Å². The number of nitriles is 1. The van der Waals surface area contributed by atoms with E-state index in [4.69, 9.17) is 10.00 Å². The number of pyridine rings is 1. The van der Waals surface area contributed by atoms with Crippen LogP contribution in [0.4, 0.5) is 5.69 Å². The van der Waals surface area contributed by atoms with Gasteiger partial charge in [0.25, 0.3) is 0 Å². The summed E-state index contributed by atoms with van der Waals surface area (Å²) >= 11 is 0. The van der Waals surface area contributed by atoms with E-state index in [1.165, 1.54) is 0 Å². The van der Waals surface area contributed by atoms with E-state index in [0.29, 0.717) is 12.2 Å². The maximum Gasteiger partial charge on any atom is 0.234 e. The normalized spacial score (nSPS) is 15.5. The molecule has 158 valence electrons. The Bertz CT molecular complexity index is 866. The summed E-state index contributed by atoms with van der Waals surface area (Å²) in [5, 5.41) is 12.1. The number of hydrogen-bond donors (Lipinski definition) is 1. The van der Waals surface area contributed by atoms with Crippen LogP contribution >= 0.6 is 0 Å². The zero-order valence-electron chi connectivity index (χ0n) is 17.8. The average molecular weight is 408 g/mol. The molecule has 0 bridgehead atoms. The number of carbonyl (C=O) groups is 1. The molecule has 0 radical (unpaired) electrons. The molecule has 7 nitrogen and oxygen atoms in total. The van der Waals surface area contributed by atoms with Gasteiger partial charge >= 0.3 is 0 Å². The standard InChI is InChI=1S/C23H29N5O2/c1-17(2)23(18-4-8-21(30-3)9-5-18)26-22(29)16-27-10-12-28(13-11-27)20-7-6-19(14-24)25-15-20/h4-9,15,17,23H,10-13,16H2,1-3H3,(H,26,29)/t23-/m1/s1. The minimum atomic E-state index is -0.0329. The highest BCUT2D eigenvalue weighted by Crippen LogP contribution is 2.24. The lowest BCUT2D eigenvalue weighted by Crippen LogP contribution is -2.50.